The number of likely N-dealkylation sites (tertiary alicyclic amines) is 1. The molecule has 4 saturated heterocycles. The Hall–Kier alpha value is -3.96. The second-order valence-electron chi connectivity index (χ2n) is 12.5. The molecule has 45 heavy (non-hydrogen) atoms. The minimum absolute atomic E-state index is 0.00248. The van der Waals surface area contributed by atoms with Gasteiger partial charge in [0.15, 0.2) is 11.6 Å². The lowest BCUT2D eigenvalue weighted by Crippen LogP contribution is -2.63. The van der Waals surface area contributed by atoms with Crippen molar-refractivity contribution in [3.8, 4) is 17.1 Å². The van der Waals surface area contributed by atoms with E-state index >= 15 is 8.78 Å². The molecule has 0 spiro atoms. The zero-order valence-corrected chi connectivity index (χ0v) is 25.2. The van der Waals surface area contributed by atoms with Crippen LogP contribution in [0.15, 0.2) is 49.1 Å². The summed E-state index contributed by atoms with van der Waals surface area (Å²) in [4.78, 5) is 31.7. The zero-order chi connectivity index (χ0) is 31.0. The van der Waals surface area contributed by atoms with E-state index in [1.807, 2.05) is 4.90 Å². The Morgan fingerprint density at radius 3 is 2.69 bits per heavy atom. The highest BCUT2D eigenvalue weighted by molar-refractivity contribution is 6.36. The van der Waals surface area contributed by atoms with Crippen molar-refractivity contribution >= 4 is 45.0 Å². The smallest absolute Gasteiger partial charge is 0.319 e. The minimum atomic E-state index is -1.01. The number of carbonyl (C=O) groups excluding carboxylic acids is 1. The van der Waals surface area contributed by atoms with Crippen LogP contribution in [0.1, 0.15) is 32.1 Å². The second kappa shape index (κ2) is 10.6. The van der Waals surface area contributed by atoms with Crippen molar-refractivity contribution < 1.29 is 22.7 Å². The fourth-order valence-corrected chi connectivity index (χ4v) is 8.28. The fourth-order valence-electron chi connectivity index (χ4n) is 8.00. The highest BCUT2D eigenvalue weighted by Crippen LogP contribution is 2.44. The molecule has 8 nitrogen and oxygen atoms in total. The molecule has 1 amide bonds. The average Bonchev–Trinajstić information content (AvgIpc) is 3.69. The van der Waals surface area contributed by atoms with Gasteiger partial charge in [0.2, 0.25) is 0 Å². The maximum atomic E-state index is 16.7. The van der Waals surface area contributed by atoms with Crippen LogP contribution in [0, 0.1) is 11.6 Å². The predicted octanol–water partition coefficient (Wildman–Crippen LogP) is 6.06. The minimum Gasteiger partial charge on any atom is -0.461 e. The number of benzene rings is 2. The summed E-state index contributed by atoms with van der Waals surface area (Å²) < 4.78 is 52.8. The van der Waals surface area contributed by atoms with Gasteiger partial charge >= 0.3 is 6.01 Å². The van der Waals surface area contributed by atoms with Gasteiger partial charge in [-0.1, -0.05) is 30.3 Å². The average molecular weight is 635 g/mol. The molecule has 6 heterocycles. The van der Waals surface area contributed by atoms with Crippen molar-refractivity contribution in [2.24, 2.45) is 0 Å². The van der Waals surface area contributed by atoms with Gasteiger partial charge in [-0.2, -0.15) is 9.97 Å². The number of hydrogen-bond donors (Lipinski definition) is 0. The molecule has 2 aromatic carbocycles. The van der Waals surface area contributed by atoms with Crippen molar-refractivity contribution in [3.05, 3.63) is 65.7 Å². The van der Waals surface area contributed by atoms with E-state index < -0.39 is 23.4 Å². The molecule has 0 N–H and O–H groups in total. The summed E-state index contributed by atoms with van der Waals surface area (Å²) in [5.74, 6) is -3.12. The lowest BCUT2D eigenvalue weighted by molar-refractivity contribution is -0.130. The molecule has 4 aliphatic heterocycles. The Balaban J connectivity index is 1.24. The lowest BCUT2D eigenvalue weighted by atomic mass is 9.95. The van der Waals surface area contributed by atoms with Gasteiger partial charge in [-0.15, -0.1) is 0 Å². The molecule has 12 heteroatoms. The first-order chi connectivity index (χ1) is 21.8. The van der Waals surface area contributed by atoms with E-state index in [0.29, 0.717) is 47.7 Å². The van der Waals surface area contributed by atoms with Gasteiger partial charge < -0.3 is 14.5 Å². The van der Waals surface area contributed by atoms with Crippen LogP contribution in [-0.2, 0) is 4.79 Å². The molecule has 2 atom stereocenters. The summed E-state index contributed by atoms with van der Waals surface area (Å²) in [5.41, 5.74) is -0.265. The molecule has 4 fully saturated rings. The topological polar surface area (TPSA) is 74.7 Å². The number of rotatable bonds is 6. The third-order valence-corrected chi connectivity index (χ3v) is 10.5. The molecule has 4 aliphatic rings. The van der Waals surface area contributed by atoms with Crippen molar-refractivity contribution in [1.82, 2.24) is 24.8 Å². The Morgan fingerprint density at radius 1 is 1.11 bits per heavy atom. The Kier molecular flexibility index (Phi) is 6.69. The molecule has 8 rings (SSSR count). The molecule has 232 valence electrons. The first-order valence-electron chi connectivity index (χ1n) is 15.3. The molecule has 0 saturated carbocycles. The molecule has 2 aromatic heterocycles. The van der Waals surface area contributed by atoms with E-state index in [1.54, 1.807) is 24.4 Å². The monoisotopic (exact) mass is 634 g/mol. The van der Waals surface area contributed by atoms with E-state index in [0.717, 1.165) is 38.8 Å². The quantitative estimate of drug-likeness (QED) is 0.239. The Labute approximate surface area is 262 Å². The van der Waals surface area contributed by atoms with Crippen molar-refractivity contribution in [2.45, 2.75) is 49.7 Å². The standard InChI is InChI=1S/C33H30ClF3N6O2/c1-18(35)31(44)42-12-7-24-25(42)16-43(24)30-20-13-23(36)27(21-15-38-14-19-5-2-6-22(34)26(19)21)28(37)29(20)39-32(40-30)45-17-33-8-3-10-41(33)11-4-9-33/h2,5-6,13-15,24-25H,1,3-4,7-12,16-17H2/t24-,25-/m1/s1. The van der Waals surface area contributed by atoms with Gasteiger partial charge in [0.05, 0.1) is 23.2 Å². The maximum absolute atomic E-state index is 16.7. The number of carbonyl (C=O) groups is 1. The highest BCUT2D eigenvalue weighted by Gasteiger charge is 2.50. The summed E-state index contributed by atoms with van der Waals surface area (Å²) in [6, 6.07) is 5.98. The summed E-state index contributed by atoms with van der Waals surface area (Å²) in [6.45, 7) is 6.22. The van der Waals surface area contributed by atoms with Crippen LogP contribution >= 0.6 is 11.6 Å². The number of halogens is 4. The van der Waals surface area contributed by atoms with E-state index in [2.05, 4.69) is 21.4 Å². The van der Waals surface area contributed by atoms with Gasteiger partial charge in [0, 0.05) is 52.2 Å². The van der Waals surface area contributed by atoms with Gasteiger partial charge in [-0.25, -0.2) is 13.2 Å². The number of fused-ring (bicyclic) bond motifs is 4. The first-order valence-corrected chi connectivity index (χ1v) is 15.7. The third kappa shape index (κ3) is 4.38. The van der Waals surface area contributed by atoms with E-state index in [1.165, 1.54) is 17.2 Å². The molecule has 0 radical (unpaired) electrons. The van der Waals surface area contributed by atoms with Crippen LogP contribution in [-0.4, -0.2) is 81.1 Å². The van der Waals surface area contributed by atoms with Crippen LogP contribution < -0.4 is 9.64 Å². The molecule has 0 aliphatic carbocycles. The maximum Gasteiger partial charge on any atom is 0.319 e. The third-order valence-electron chi connectivity index (χ3n) is 10.2. The van der Waals surface area contributed by atoms with Crippen molar-refractivity contribution in [3.63, 3.8) is 0 Å². The summed E-state index contributed by atoms with van der Waals surface area (Å²) in [7, 11) is 0. The lowest BCUT2D eigenvalue weighted by Gasteiger charge is -2.47. The summed E-state index contributed by atoms with van der Waals surface area (Å²) in [6.07, 6.45) is 7.73. The number of ether oxygens (including phenoxy) is 1. The van der Waals surface area contributed by atoms with Crippen LogP contribution in [0.25, 0.3) is 32.8 Å². The predicted molar refractivity (Wildman–Crippen MR) is 165 cm³/mol. The Morgan fingerprint density at radius 2 is 1.91 bits per heavy atom. The van der Waals surface area contributed by atoms with Gasteiger partial charge in [0.1, 0.15) is 23.8 Å². The molecule has 0 unspecified atom stereocenters. The number of amides is 1. The van der Waals surface area contributed by atoms with Crippen molar-refractivity contribution in [2.75, 3.05) is 37.7 Å². The van der Waals surface area contributed by atoms with Crippen LogP contribution in [0.4, 0.5) is 19.0 Å². The first kappa shape index (κ1) is 28.5. The molecule has 0 bridgehead atoms. The Bertz CT molecular complexity index is 1890. The van der Waals surface area contributed by atoms with Gasteiger partial charge in [0.25, 0.3) is 5.91 Å². The van der Waals surface area contributed by atoms with E-state index in [-0.39, 0.29) is 45.7 Å². The largest absolute Gasteiger partial charge is 0.461 e. The molecular weight excluding hydrogens is 605 g/mol. The number of anilines is 1. The summed E-state index contributed by atoms with van der Waals surface area (Å²) in [5, 5.41) is 1.65. The normalized spacial score (nSPS) is 22.1. The van der Waals surface area contributed by atoms with Crippen LogP contribution in [0.5, 0.6) is 6.01 Å². The fraction of sp³-hybridized carbons (Fsp3) is 0.394. The van der Waals surface area contributed by atoms with Crippen molar-refractivity contribution in [1.29, 1.82) is 0 Å². The van der Waals surface area contributed by atoms with Gasteiger partial charge in [-0.05, 0) is 57.3 Å². The number of hydrogen-bond acceptors (Lipinski definition) is 7. The number of pyridine rings is 1. The second-order valence-corrected chi connectivity index (χ2v) is 12.9. The van der Waals surface area contributed by atoms with Gasteiger partial charge in [-0.3, -0.25) is 14.7 Å². The molecule has 4 aromatic rings. The van der Waals surface area contributed by atoms with E-state index in [4.69, 9.17) is 21.3 Å². The van der Waals surface area contributed by atoms with Crippen LogP contribution in [0.2, 0.25) is 5.02 Å². The summed E-state index contributed by atoms with van der Waals surface area (Å²) >= 11 is 6.52. The SMILES string of the molecule is C=C(F)C(=O)N1CC[C@@H]2[C@H]1CN2c1nc(OCC23CCCN2CCC3)nc2c(F)c(-c3cncc4cccc(Cl)c34)c(F)cc12. The molecular formula is C33H30ClF3N6O2. The number of nitrogens with zero attached hydrogens (tertiary/aromatic N) is 6. The highest BCUT2D eigenvalue weighted by atomic mass is 35.5. The van der Waals surface area contributed by atoms with E-state index in [9.17, 15) is 9.18 Å². The van der Waals surface area contributed by atoms with Crippen LogP contribution in [0.3, 0.4) is 0 Å². The zero-order valence-electron chi connectivity index (χ0n) is 24.4. The number of aromatic nitrogens is 3.